The first kappa shape index (κ1) is 15.5. The van der Waals surface area contributed by atoms with E-state index in [0.29, 0.717) is 12.2 Å². The Balaban J connectivity index is 2.62. The van der Waals surface area contributed by atoms with Gasteiger partial charge in [-0.15, -0.1) is 0 Å². The Kier molecular flexibility index (Phi) is 6.03. The van der Waals surface area contributed by atoms with E-state index in [1.165, 1.54) is 17.4 Å². The molecule has 1 atom stereocenters. The van der Waals surface area contributed by atoms with Crippen LogP contribution in [0, 0.1) is 11.3 Å². The zero-order valence-corrected chi connectivity index (χ0v) is 11.2. The molecule has 0 radical (unpaired) electrons. The van der Waals surface area contributed by atoms with E-state index in [2.05, 4.69) is 15.3 Å². The fourth-order valence-corrected chi connectivity index (χ4v) is 1.64. The number of carboxylic acids is 1. The molecule has 0 unspecified atom stereocenters. The molecule has 8 heteroatoms. The molecule has 0 spiro atoms. The molecule has 0 aliphatic rings. The van der Waals surface area contributed by atoms with Gasteiger partial charge in [0.2, 0.25) is 0 Å². The molecule has 0 bridgehead atoms. The molecule has 0 saturated heterocycles. The molecular formula is C12H17N5O3. The van der Waals surface area contributed by atoms with E-state index in [1.54, 1.807) is 6.92 Å². The van der Waals surface area contributed by atoms with Crippen molar-refractivity contribution >= 4 is 12.0 Å². The van der Waals surface area contributed by atoms with Crippen molar-refractivity contribution in [2.24, 2.45) is 0 Å². The van der Waals surface area contributed by atoms with Crippen LogP contribution in [0.5, 0.6) is 0 Å². The maximum Gasteiger partial charge on any atom is 0.326 e. The van der Waals surface area contributed by atoms with Crippen molar-refractivity contribution in [3.8, 4) is 6.07 Å². The Morgan fingerprint density at radius 1 is 1.65 bits per heavy atom. The van der Waals surface area contributed by atoms with Gasteiger partial charge in [-0.2, -0.15) is 5.26 Å². The van der Waals surface area contributed by atoms with Crippen LogP contribution in [0.3, 0.4) is 0 Å². The Bertz CT molecular complexity index is 480. The molecule has 20 heavy (non-hydrogen) atoms. The highest BCUT2D eigenvalue weighted by atomic mass is 16.4. The summed E-state index contributed by atoms with van der Waals surface area (Å²) in [5, 5.41) is 20.1. The third-order valence-electron chi connectivity index (χ3n) is 2.74. The SMILES string of the molecule is CCN(CCC#N)C(=O)N[C@H](Cc1cnc[nH]1)C(=O)O. The summed E-state index contributed by atoms with van der Waals surface area (Å²) in [6.07, 6.45) is 3.28. The molecular weight excluding hydrogens is 262 g/mol. The molecule has 8 nitrogen and oxygen atoms in total. The summed E-state index contributed by atoms with van der Waals surface area (Å²) in [5.41, 5.74) is 0.623. The largest absolute Gasteiger partial charge is 0.480 e. The summed E-state index contributed by atoms with van der Waals surface area (Å²) in [7, 11) is 0. The van der Waals surface area contributed by atoms with Gasteiger partial charge in [0.15, 0.2) is 0 Å². The minimum absolute atomic E-state index is 0.122. The number of H-pyrrole nitrogens is 1. The standard InChI is InChI=1S/C12H17N5O3/c1-2-17(5-3-4-13)12(20)16-10(11(18)19)6-9-7-14-8-15-9/h7-8,10H,2-3,5-6H2,1H3,(H,14,15)(H,16,20)(H,18,19)/t10-/m1/s1. The highest BCUT2D eigenvalue weighted by molar-refractivity contribution is 5.82. The number of rotatable bonds is 7. The van der Waals surface area contributed by atoms with E-state index in [4.69, 9.17) is 10.4 Å². The Labute approximate surface area is 116 Å². The van der Waals surface area contributed by atoms with E-state index in [9.17, 15) is 9.59 Å². The summed E-state index contributed by atoms with van der Waals surface area (Å²) in [5.74, 6) is -1.12. The summed E-state index contributed by atoms with van der Waals surface area (Å²) in [4.78, 5) is 31.1. The maximum atomic E-state index is 11.9. The number of urea groups is 1. The molecule has 1 rings (SSSR count). The zero-order valence-electron chi connectivity index (χ0n) is 11.2. The van der Waals surface area contributed by atoms with Gasteiger partial charge >= 0.3 is 12.0 Å². The zero-order chi connectivity index (χ0) is 15.0. The molecule has 1 aromatic rings. The topological polar surface area (TPSA) is 122 Å². The lowest BCUT2D eigenvalue weighted by molar-refractivity contribution is -0.139. The average molecular weight is 279 g/mol. The summed E-state index contributed by atoms with van der Waals surface area (Å²) >= 11 is 0. The van der Waals surface area contributed by atoms with Crippen molar-refractivity contribution in [3.63, 3.8) is 0 Å². The molecule has 3 N–H and O–H groups in total. The average Bonchev–Trinajstić information content (AvgIpc) is 2.91. The van der Waals surface area contributed by atoms with Crippen LogP contribution in [0.1, 0.15) is 19.0 Å². The quantitative estimate of drug-likeness (QED) is 0.664. The summed E-state index contributed by atoms with van der Waals surface area (Å²) in [6, 6.07) is 0.415. The number of hydrogen-bond donors (Lipinski definition) is 3. The number of aromatic amines is 1. The number of hydrogen-bond acceptors (Lipinski definition) is 4. The maximum absolute atomic E-state index is 11.9. The van der Waals surface area contributed by atoms with Gasteiger partial charge in [0.05, 0.1) is 18.8 Å². The number of aliphatic carboxylic acids is 1. The lowest BCUT2D eigenvalue weighted by Crippen LogP contribution is -2.49. The number of aromatic nitrogens is 2. The number of carbonyl (C=O) groups is 2. The number of carbonyl (C=O) groups excluding carboxylic acids is 1. The van der Waals surface area contributed by atoms with Gasteiger partial charge < -0.3 is 20.3 Å². The number of nitriles is 1. The summed E-state index contributed by atoms with van der Waals surface area (Å²) in [6.45, 7) is 2.45. The monoisotopic (exact) mass is 279 g/mol. The van der Waals surface area contributed by atoms with Crippen LogP contribution in [0.2, 0.25) is 0 Å². The number of amides is 2. The van der Waals surface area contributed by atoms with E-state index < -0.39 is 18.0 Å². The van der Waals surface area contributed by atoms with Crippen LogP contribution < -0.4 is 5.32 Å². The lowest BCUT2D eigenvalue weighted by Gasteiger charge is -2.22. The van der Waals surface area contributed by atoms with Crippen molar-refractivity contribution in [2.75, 3.05) is 13.1 Å². The molecule has 2 amide bonds. The lowest BCUT2D eigenvalue weighted by atomic mass is 10.1. The highest BCUT2D eigenvalue weighted by Crippen LogP contribution is 2.01. The Hall–Kier alpha value is -2.56. The number of imidazole rings is 1. The van der Waals surface area contributed by atoms with Gasteiger partial charge in [-0.25, -0.2) is 14.6 Å². The molecule has 1 aromatic heterocycles. The summed E-state index contributed by atoms with van der Waals surface area (Å²) < 4.78 is 0. The molecule has 0 saturated carbocycles. The van der Waals surface area contributed by atoms with E-state index in [1.807, 2.05) is 6.07 Å². The first-order valence-electron chi connectivity index (χ1n) is 6.21. The predicted octanol–water partition coefficient (Wildman–Crippen LogP) is 0.351. The van der Waals surface area contributed by atoms with Gasteiger partial charge in [-0.05, 0) is 6.92 Å². The van der Waals surface area contributed by atoms with E-state index in [-0.39, 0.29) is 19.4 Å². The molecule has 0 aromatic carbocycles. The number of nitrogens with one attached hydrogen (secondary N) is 2. The normalized spacial score (nSPS) is 11.4. The van der Waals surface area contributed by atoms with Crippen LogP contribution in [0.15, 0.2) is 12.5 Å². The smallest absolute Gasteiger partial charge is 0.326 e. The second-order valence-electron chi connectivity index (χ2n) is 4.11. The van der Waals surface area contributed by atoms with Crippen LogP contribution in [0.25, 0.3) is 0 Å². The van der Waals surface area contributed by atoms with Crippen molar-refractivity contribution in [1.82, 2.24) is 20.2 Å². The van der Waals surface area contributed by atoms with Crippen molar-refractivity contribution in [3.05, 3.63) is 18.2 Å². The van der Waals surface area contributed by atoms with Crippen molar-refractivity contribution < 1.29 is 14.7 Å². The third-order valence-corrected chi connectivity index (χ3v) is 2.74. The van der Waals surface area contributed by atoms with Gasteiger partial charge in [0, 0.05) is 31.4 Å². The fraction of sp³-hybridized carbons (Fsp3) is 0.500. The third kappa shape index (κ3) is 4.61. The van der Waals surface area contributed by atoms with Crippen LogP contribution in [-0.4, -0.2) is 51.1 Å². The Morgan fingerprint density at radius 2 is 2.40 bits per heavy atom. The fourth-order valence-electron chi connectivity index (χ4n) is 1.64. The van der Waals surface area contributed by atoms with Gasteiger partial charge in [0.1, 0.15) is 6.04 Å². The number of nitrogens with zero attached hydrogens (tertiary/aromatic N) is 3. The highest BCUT2D eigenvalue weighted by Gasteiger charge is 2.23. The van der Waals surface area contributed by atoms with Crippen LogP contribution >= 0.6 is 0 Å². The van der Waals surface area contributed by atoms with Crippen LogP contribution in [-0.2, 0) is 11.2 Å². The van der Waals surface area contributed by atoms with Gasteiger partial charge in [-0.1, -0.05) is 0 Å². The predicted molar refractivity (Wildman–Crippen MR) is 69.7 cm³/mol. The van der Waals surface area contributed by atoms with E-state index in [0.717, 1.165) is 0 Å². The van der Waals surface area contributed by atoms with Crippen molar-refractivity contribution in [2.45, 2.75) is 25.8 Å². The minimum Gasteiger partial charge on any atom is -0.480 e. The number of carboxylic acid groups (broad SMARTS) is 1. The Morgan fingerprint density at radius 3 is 2.90 bits per heavy atom. The minimum atomic E-state index is -1.12. The van der Waals surface area contributed by atoms with E-state index >= 15 is 0 Å². The van der Waals surface area contributed by atoms with Crippen LogP contribution in [0.4, 0.5) is 4.79 Å². The second-order valence-corrected chi connectivity index (χ2v) is 4.11. The van der Waals surface area contributed by atoms with Crippen molar-refractivity contribution in [1.29, 1.82) is 5.26 Å². The first-order valence-corrected chi connectivity index (χ1v) is 6.21. The molecule has 108 valence electrons. The second kappa shape index (κ2) is 7.78. The molecule has 0 aliphatic heterocycles. The molecule has 0 fully saturated rings. The first-order chi connectivity index (χ1) is 9.58. The molecule has 1 heterocycles. The van der Waals surface area contributed by atoms with Gasteiger partial charge in [-0.3, -0.25) is 0 Å². The molecule has 0 aliphatic carbocycles. The van der Waals surface area contributed by atoms with Gasteiger partial charge in [0.25, 0.3) is 0 Å².